The molecular formula is C16H20N2O2. The highest BCUT2D eigenvalue weighted by Crippen LogP contribution is 2.23. The normalized spacial score (nSPS) is 22.1. The number of hydrogen-bond acceptors (Lipinski definition) is 2. The molecule has 106 valence electrons. The molecule has 4 nitrogen and oxygen atoms in total. The Hall–Kier alpha value is -1.84. The molecule has 1 saturated carbocycles. The van der Waals surface area contributed by atoms with E-state index in [1.54, 1.807) is 0 Å². The highest BCUT2D eigenvalue weighted by atomic mass is 16.2. The Kier molecular flexibility index (Phi) is 3.72. The summed E-state index contributed by atoms with van der Waals surface area (Å²) in [5.41, 5.74) is 1.23. The minimum Gasteiger partial charge on any atom is -0.353 e. The molecule has 1 aliphatic heterocycles. The first-order valence-electron chi connectivity index (χ1n) is 7.34. The molecule has 1 saturated heterocycles. The molecule has 0 unspecified atom stereocenters. The average molecular weight is 272 g/mol. The Bertz CT molecular complexity index is 496. The summed E-state index contributed by atoms with van der Waals surface area (Å²) in [6.07, 6.45) is 3.39. The molecule has 1 atom stereocenters. The Morgan fingerprint density at radius 2 is 2.00 bits per heavy atom. The van der Waals surface area contributed by atoms with E-state index in [0.717, 1.165) is 19.3 Å². The third-order valence-electron chi connectivity index (χ3n) is 4.02. The van der Waals surface area contributed by atoms with E-state index in [2.05, 4.69) is 17.4 Å². The second-order valence-electron chi connectivity index (χ2n) is 5.76. The van der Waals surface area contributed by atoms with E-state index < -0.39 is 0 Å². The zero-order chi connectivity index (χ0) is 13.9. The molecule has 3 rings (SSSR count). The maximum Gasteiger partial charge on any atom is 0.225 e. The van der Waals surface area contributed by atoms with E-state index in [4.69, 9.17) is 0 Å². The first kappa shape index (κ1) is 13.2. The van der Waals surface area contributed by atoms with Crippen molar-refractivity contribution in [2.24, 2.45) is 5.92 Å². The number of carbonyl (C=O) groups excluding carboxylic acids is 2. The zero-order valence-corrected chi connectivity index (χ0v) is 11.5. The number of carbonyl (C=O) groups is 2. The van der Waals surface area contributed by atoms with Crippen LogP contribution in [0.1, 0.15) is 24.8 Å². The van der Waals surface area contributed by atoms with Crippen LogP contribution in [0.3, 0.4) is 0 Å². The van der Waals surface area contributed by atoms with Gasteiger partial charge in [-0.1, -0.05) is 30.3 Å². The van der Waals surface area contributed by atoms with E-state index in [1.807, 2.05) is 23.1 Å². The molecule has 1 aromatic carbocycles. The number of rotatable bonds is 5. The fraction of sp³-hybridized carbons (Fsp3) is 0.500. The molecule has 0 aromatic heterocycles. The first-order valence-corrected chi connectivity index (χ1v) is 7.34. The third-order valence-corrected chi connectivity index (χ3v) is 4.02. The third kappa shape index (κ3) is 3.18. The minimum atomic E-state index is -0.154. The Labute approximate surface area is 119 Å². The van der Waals surface area contributed by atoms with Crippen molar-refractivity contribution >= 4 is 11.8 Å². The monoisotopic (exact) mass is 272 g/mol. The molecule has 20 heavy (non-hydrogen) atoms. The number of amides is 2. The molecule has 2 fully saturated rings. The molecule has 0 spiro atoms. The molecule has 2 aliphatic rings. The van der Waals surface area contributed by atoms with Crippen LogP contribution in [0.2, 0.25) is 0 Å². The van der Waals surface area contributed by atoms with Gasteiger partial charge in [-0.05, 0) is 24.8 Å². The second kappa shape index (κ2) is 5.65. The van der Waals surface area contributed by atoms with Crippen LogP contribution in [0, 0.1) is 5.92 Å². The van der Waals surface area contributed by atoms with Gasteiger partial charge in [0.1, 0.15) is 0 Å². The zero-order valence-electron chi connectivity index (χ0n) is 11.5. The lowest BCUT2D eigenvalue weighted by Gasteiger charge is -2.16. The summed E-state index contributed by atoms with van der Waals surface area (Å²) in [5.74, 6) is 0.0128. The lowest BCUT2D eigenvalue weighted by Crippen LogP contribution is -2.34. The molecular weight excluding hydrogens is 252 g/mol. The van der Waals surface area contributed by atoms with Gasteiger partial charge in [0.2, 0.25) is 11.8 Å². The van der Waals surface area contributed by atoms with Gasteiger partial charge < -0.3 is 10.2 Å². The summed E-state index contributed by atoms with van der Waals surface area (Å²) in [5, 5.41) is 2.99. The van der Waals surface area contributed by atoms with Crippen LogP contribution in [0.15, 0.2) is 30.3 Å². The number of nitrogens with zero attached hydrogens (tertiary/aromatic N) is 1. The maximum atomic E-state index is 12.0. The number of likely N-dealkylation sites (tertiary alicyclic amines) is 1. The Morgan fingerprint density at radius 1 is 1.25 bits per heavy atom. The molecule has 1 aromatic rings. The van der Waals surface area contributed by atoms with Crippen molar-refractivity contribution in [3.8, 4) is 0 Å². The maximum absolute atomic E-state index is 12.0. The fourth-order valence-corrected chi connectivity index (χ4v) is 2.62. The van der Waals surface area contributed by atoms with Crippen LogP contribution >= 0.6 is 0 Å². The van der Waals surface area contributed by atoms with Crippen LogP contribution in [0.4, 0.5) is 0 Å². The van der Waals surface area contributed by atoms with Gasteiger partial charge in [0, 0.05) is 25.6 Å². The van der Waals surface area contributed by atoms with Gasteiger partial charge in [0.15, 0.2) is 0 Å². The number of benzene rings is 1. The Balaban J connectivity index is 1.50. The SMILES string of the molecule is O=C(NC1CC1)[C@@H]1CC(=O)N(CCc2ccccc2)C1. The van der Waals surface area contributed by atoms with E-state index in [9.17, 15) is 9.59 Å². The van der Waals surface area contributed by atoms with Gasteiger partial charge in [0.25, 0.3) is 0 Å². The van der Waals surface area contributed by atoms with Crippen molar-refractivity contribution < 1.29 is 9.59 Å². The predicted octanol–water partition coefficient (Wildman–Crippen LogP) is 1.36. The lowest BCUT2D eigenvalue weighted by molar-refractivity contribution is -0.129. The minimum absolute atomic E-state index is 0.0584. The summed E-state index contributed by atoms with van der Waals surface area (Å²) in [7, 11) is 0. The van der Waals surface area contributed by atoms with Crippen LogP contribution in [-0.4, -0.2) is 35.8 Å². The summed E-state index contributed by atoms with van der Waals surface area (Å²) in [6.45, 7) is 1.28. The molecule has 2 amide bonds. The van der Waals surface area contributed by atoms with Crippen LogP contribution in [0.25, 0.3) is 0 Å². The molecule has 1 heterocycles. The van der Waals surface area contributed by atoms with Crippen molar-refractivity contribution in [1.82, 2.24) is 10.2 Å². The summed E-state index contributed by atoms with van der Waals surface area (Å²) >= 11 is 0. The van der Waals surface area contributed by atoms with Gasteiger partial charge in [-0.25, -0.2) is 0 Å². The second-order valence-corrected chi connectivity index (χ2v) is 5.76. The molecule has 1 N–H and O–H groups in total. The van der Waals surface area contributed by atoms with Gasteiger partial charge >= 0.3 is 0 Å². The largest absolute Gasteiger partial charge is 0.353 e. The molecule has 0 bridgehead atoms. The topological polar surface area (TPSA) is 49.4 Å². The summed E-state index contributed by atoms with van der Waals surface area (Å²) in [6, 6.07) is 10.5. The quantitative estimate of drug-likeness (QED) is 0.880. The van der Waals surface area contributed by atoms with Gasteiger partial charge in [-0.2, -0.15) is 0 Å². The van der Waals surface area contributed by atoms with Crippen molar-refractivity contribution in [3.63, 3.8) is 0 Å². The van der Waals surface area contributed by atoms with Gasteiger partial charge in [0.05, 0.1) is 5.92 Å². The molecule has 4 heteroatoms. The lowest BCUT2D eigenvalue weighted by atomic mass is 10.1. The smallest absolute Gasteiger partial charge is 0.225 e. The van der Waals surface area contributed by atoms with Crippen LogP contribution < -0.4 is 5.32 Å². The summed E-state index contributed by atoms with van der Waals surface area (Å²) < 4.78 is 0. The fourth-order valence-electron chi connectivity index (χ4n) is 2.62. The van der Waals surface area contributed by atoms with E-state index in [0.29, 0.717) is 25.6 Å². The van der Waals surface area contributed by atoms with E-state index in [1.165, 1.54) is 5.56 Å². The van der Waals surface area contributed by atoms with E-state index in [-0.39, 0.29) is 17.7 Å². The Morgan fingerprint density at radius 3 is 2.70 bits per heavy atom. The van der Waals surface area contributed by atoms with Crippen LogP contribution in [-0.2, 0) is 16.0 Å². The van der Waals surface area contributed by atoms with Crippen molar-refractivity contribution in [2.75, 3.05) is 13.1 Å². The number of nitrogens with one attached hydrogen (secondary N) is 1. The standard InChI is InChI=1S/C16H20N2O2/c19-15-10-13(16(20)17-14-6-7-14)11-18(15)9-8-12-4-2-1-3-5-12/h1-5,13-14H,6-11H2,(H,17,20)/t13-/m1/s1. The van der Waals surface area contributed by atoms with Crippen molar-refractivity contribution in [1.29, 1.82) is 0 Å². The highest BCUT2D eigenvalue weighted by molar-refractivity contribution is 5.89. The van der Waals surface area contributed by atoms with Crippen LogP contribution in [0.5, 0.6) is 0 Å². The molecule has 0 radical (unpaired) electrons. The van der Waals surface area contributed by atoms with Crippen molar-refractivity contribution in [2.45, 2.75) is 31.7 Å². The summed E-state index contributed by atoms with van der Waals surface area (Å²) in [4.78, 5) is 25.8. The molecule has 1 aliphatic carbocycles. The highest BCUT2D eigenvalue weighted by Gasteiger charge is 2.36. The van der Waals surface area contributed by atoms with E-state index >= 15 is 0 Å². The van der Waals surface area contributed by atoms with Crippen molar-refractivity contribution in [3.05, 3.63) is 35.9 Å². The first-order chi connectivity index (χ1) is 9.72. The van der Waals surface area contributed by atoms with Gasteiger partial charge in [-0.3, -0.25) is 9.59 Å². The average Bonchev–Trinajstić information content (AvgIpc) is 3.19. The predicted molar refractivity (Wildman–Crippen MR) is 76.0 cm³/mol. The number of hydrogen-bond donors (Lipinski definition) is 1. The van der Waals surface area contributed by atoms with Gasteiger partial charge in [-0.15, -0.1) is 0 Å².